The van der Waals surface area contributed by atoms with E-state index in [4.69, 9.17) is 0 Å². The van der Waals surface area contributed by atoms with Crippen molar-refractivity contribution in [3.63, 3.8) is 0 Å². The van der Waals surface area contributed by atoms with Gasteiger partial charge in [0.25, 0.3) is 0 Å². The Hall–Kier alpha value is -0.300. The van der Waals surface area contributed by atoms with Crippen molar-refractivity contribution in [2.24, 2.45) is 0 Å². The molecule has 1 nitrogen and oxygen atoms in total. The summed E-state index contributed by atoms with van der Waals surface area (Å²) in [5, 5.41) is 10.6. The van der Waals surface area contributed by atoms with E-state index in [9.17, 15) is 5.11 Å². The van der Waals surface area contributed by atoms with Crippen LogP contribution in [0, 0.1) is 0 Å². The zero-order chi connectivity index (χ0) is 13.1. The fourth-order valence-electron chi connectivity index (χ4n) is 3.10. The summed E-state index contributed by atoms with van der Waals surface area (Å²) in [6.07, 6.45) is 19.3. The van der Waals surface area contributed by atoms with Gasteiger partial charge in [0.1, 0.15) is 0 Å². The Morgan fingerprint density at radius 2 is 1.06 bits per heavy atom. The molecule has 0 aromatic rings. The lowest BCUT2D eigenvalue weighted by Crippen LogP contribution is -2.27. The third-order valence-corrected chi connectivity index (χ3v) is 4.31. The Balaban J connectivity index is 2.35. The van der Waals surface area contributed by atoms with Gasteiger partial charge in [0, 0.05) is 0 Å². The van der Waals surface area contributed by atoms with Gasteiger partial charge < -0.3 is 5.11 Å². The Morgan fingerprint density at radius 3 is 1.39 bits per heavy atom. The minimum atomic E-state index is -0.453. The van der Waals surface area contributed by atoms with Gasteiger partial charge in [-0.25, -0.2) is 0 Å². The number of rotatable bonds is 2. The molecule has 0 radical (unpaired) electrons. The van der Waals surface area contributed by atoms with Crippen molar-refractivity contribution in [1.29, 1.82) is 0 Å². The predicted octanol–water partition coefficient (Wildman–Crippen LogP) is 5.38. The molecule has 1 aliphatic carbocycles. The highest BCUT2D eigenvalue weighted by Gasteiger charge is 2.23. The molecule has 18 heavy (non-hydrogen) atoms. The van der Waals surface area contributed by atoms with E-state index >= 15 is 0 Å². The van der Waals surface area contributed by atoms with E-state index in [1.54, 1.807) is 0 Å². The van der Waals surface area contributed by atoms with Crippen molar-refractivity contribution in [2.45, 2.75) is 95.5 Å². The number of hydrogen-bond acceptors (Lipinski definition) is 1. The van der Waals surface area contributed by atoms with Crippen LogP contribution in [0.5, 0.6) is 0 Å². The first-order valence-electron chi connectivity index (χ1n) is 8.10. The minimum absolute atomic E-state index is 0.453. The molecule has 0 spiro atoms. The molecule has 1 rings (SSSR count). The molecule has 0 heterocycles. The summed E-state index contributed by atoms with van der Waals surface area (Å²) in [5.41, 5.74) is -0.453. The molecule has 0 aromatic heterocycles. The number of aliphatic hydroxyl groups is 1. The highest BCUT2D eigenvalue weighted by molar-refractivity contribution is 4.86. The molecule has 0 atom stereocenters. The Kier molecular flexibility index (Phi) is 8.41. The summed E-state index contributed by atoms with van der Waals surface area (Å²) >= 11 is 0. The molecule has 106 valence electrons. The van der Waals surface area contributed by atoms with Gasteiger partial charge in [0.05, 0.1) is 5.60 Å². The summed E-state index contributed by atoms with van der Waals surface area (Å²) < 4.78 is 0. The van der Waals surface area contributed by atoms with Crippen molar-refractivity contribution in [3.8, 4) is 0 Å². The van der Waals surface area contributed by atoms with E-state index in [2.05, 4.69) is 6.58 Å². The molecule has 0 amide bonds. The molecule has 0 aromatic carbocycles. The Labute approximate surface area is 114 Å². The molecule has 1 fully saturated rings. The summed E-state index contributed by atoms with van der Waals surface area (Å²) in [6.45, 7) is 3.80. The second-order valence-corrected chi connectivity index (χ2v) is 6.11. The van der Waals surface area contributed by atoms with E-state index in [1.165, 1.54) is 70.6 Å². The van der Waals surface area contributed by atoms with Crippen LogP contribution in [-0.4, -0.2) is 10.7 Å². The third kappa shape index (κ3) is 7.20. The van der Waals surface area contributed by atoms with E-state index in [0.717, 1.165) is 19.3 Å². The summed E-state index contributed by atoms with van der Waals surface area (Å²) in [7, 11) is 0. The second kappa shape index (κ2) is 9.61. The van der Waals surface area contributed by atoms with Crippen LogP contribution in [0.25, 0.3) is 0 Å². The quantitative estimate of drug-likeness (QED) is 0.654. The Bertz CT molecular complexity index is 196. The van der Waals surface area contributed by atoms with E-state index in [0.29, 0.717) is 0 Å². The van der Waals surface area contributed by atoms with Gasteiger partial charge in [0.2, 0.25) is 0 Å². The van der Waals surface area contributed by atoms with Crippen molar-refractivity contribution >= 4 is 0 Å². The average molecular weight is 252 g/mol. The lowest BCUT2D eigenvalue weighted by Gasteiger charge is -2.27. The topological polar surface area (TPSA) is 20.2 Å². The van der Waals surface area contributed by atoms with Crippen LogP contribution in [0.3, 0.4) is 0 Å². The van der Waals surface area contributed by atoms with Crippen LogP contribution >= 0.6 is 0 Å². The van der Waals surface area contributed by atoms with E-state index < -0.39 is 5.60 Å². The molecule has 1 saturated carbocycles. The molecular weight excluding hydrogens is 220 g/mol. The first-order valence-corrected chi connectivity index (χ1v) is 8.10. The van der Waals surface area contributed by atoms with Crippen LogP contribution in [0.4, 0.5) is 0 Å². The van der Waals surface area contributed by atoms with E-state index in [-0.39, 0.29) is 0 Å². The van der Waals surface area contributed by atoms with Crippen LogP contribution in [0.1, 0.15) is 89.9 Å². The monoisotopic (exact) mass is 252 g/mol. The van der Waals surface area contributed by atoms with Crippen molar-refractivity contribution in [1.82, 2.24) is 0 Å². The maximum Gasteiger partial charge on any atom is 0.0682 e. The van der Waals surface area contributed by atoms with Gasteiger partial charge in [-0.2, -0.15) is 0 Å². The normalized spacial score (nSPS) is 24.1. The average Bonchev–Trinajstić information content (AvgIpc) is 2.35. The van der Waals surface area contributed by atoms with Gasteiger partial charge in [-0.1, -0.05) is 76.7 Å². The first kappa shape index (κ1) is 15.8. The third-order valence-electron chi connectivity index (χ3n) is 4.31. The minimum Gasteiger partial charge on any atom is -0.390 e. The number of hydrogen-bond donors (Lipinski definition) is 1. The molecule has 0 unspecified atom stereocenters. The second-order valence-electron chi connectivity index (χ2n) is 6.11. The lowest BCUT2D eigenvalue weighted by molar-refractivity contribution is 0.0205. The molecule has 1 aliphatic rings. The fraction of sp³-hybridized carbons (Fsp3) is 0.882. The summed E-state index contributed by atoms with van der Waals surface area (Å²) in [6, 6.07) is 0. The summed E-state index contributed by atoms with van der Waals surface area (Å²) in [4.78, 5) is 0. The van der Waals surface area contributed by atoms with Crippen molar-refractivity contribution in [2.75, 3.05) is 0 Å². The molecular formula is C17H32O. The van der Waals surface area contributed by atoms with Crippen LogP contribution in [-0.2, 0) is 0 Å². The first-order chi connectivity index (χ1) is 8.77. The van der Waals surface area contributed by atoms with Gasteiger partial charge in [0.15, 0.2) is 0 Å². The zero-order valence-corrected chi connectivity index (χ0v) is 12.1. The van der Waals surface area contributed by atoms with E-state index in [1.807, 2.05) is 6.08 Å². The summed E-state index contributed by atoms with van der Waals surface area (Å²) in [5.74, 6) is 0. The molecule has 0 bridgehead atoms. The highest BCUT2D eigenvalue weighted by atomic mass is 16.3. The molecule has 0 aliphatic heterocycles. The Morgan fingerprint density at radius 1 is 0.722 bits per heavy atom. The maximum absolute atomic E-state index is 10.6. The SMILES string of the molecule is C=CCC1(O)CCCCCCCCCCCCC1. The smallest absolute Gasteiger partial charge is 0.0682 e. The standard InChI is InChI=1S/C17H32O/c1-2-14-17(18)15-12-10-8-6-4-3-5-7-9-11-13-16-17/h2,18H,1,3-16H2. The van der Waals surface area contributed by atoms with Crippen LogP contribution < -0.4 is 0 Å². The van der Waals surface area contributed by atoms with Gasteiger partial charge >= 0.3 is 0 Å². The predicted molar refractivity (Wildman–Crippen MR) is 79.8 cm³/mol. The maximum atomic E-state index is 10.6. The van der Waals surface area contributed by atoms with Gasteiger partial charge in [-0.15, -0.1) is 6.58 Å². The molecule has 1 heteroatoms. The molecule has 0 saturated heterocycles. The zero-order valence-electron chi connectivity index (χ0n) is 12.1. The lowest BCUT2D eigenvalue weighted by atomic mass is 9.86. The molecule has 1 N–H and O–H groups in total. The fourth-order valence-corrected chi connectivity index (χ4v) is 3.10. The van der Waals surface area contributed by atoms with Gasteiger partial charge in [-0.3, -0.25) is 0 Å². The van der Waals surface area contributed by atoms with Crippen LogP contribution in [0.2, 0.25) is 0 Å². The largest absolute Gasteiger partial charge is 0.390 e. The highest BCUT2D eigenvalue weighted by Crippen LogP contribution is 2.27. The van der Waals surface area contributed by atoms with Crippen LogP contribution in [0.15, 0.2) is 12.7 Å². The van der Waals surface area contributed by atoms with Gasteiger partial charge in [-0.05, 0) is 19.3 Å². The van der Waals surface area contributed by atoms with Crippen molar-refractivity contribution in [3.05, 3.63) is 12.7 Å². The van der Waals surface area contributed by atoms with Crippen molar-refractivity contribution < 1.29 is 5.11 Å².